The van der Waals surface area contributed by atoms with Crippen LogP contribution in [-0.2, 0) is 0 Å². The van der Waals surface area contributed by atoms with Gasteiger partial charge in [-0.15, -0.1) is 16.9 Å². The van der Waals surface area contributed by atoms with E-state index in [9.17, 15) is 5.26 Å². The number of likely N-dealkylation sites (tertiary alicyclic amines) is 1. The number of rotatable bonds is 8. The summed E-state index contributed by atoms with van der Waals surface area (Å²) in [5.74, 6) is 0. The Labute approximate surface area is 280 Å². The highest BCUT2D eigenvalue weighted by atomic mass is 35.5. The Kier molecular flexibility index (Phi) is 9.31. The number of nitrogens with one attached hydrogen (secondary N) is 4. The zero-order chi connectivity index (χ0) is 31.0. The molecule has 44 heavy (non-hydrogen) atoms. The van der Waals surface area contributed by atoms with Gasteiger partial charge in [0.05, 0.1) is 37.9 Å². The van der Waals surface area contributed by atoms with Gasteiger partial charge in [-0.3, -0.25) is 9.99 Å². The topological polar surface area (TPSA) is 91.3 Å². The lowest BCUT2D eigenvalue weighted by Gasteiger charge is -2.35. The molecule has 0 bridgehead atoms. The average molecular weight is 689 g/mol. The van der Waals surface area contributed by atoms with Crippen molar-refractivity contribution in [3.63, 3.8) is 0 Å². The lowest BCUT2D eigenvalue weighted by atomic mass is 10.0. The summed E-state index contributed by atoms with van der Waals surface area (Å²) in [4.78, 5) is 6.97. The second-order valence-electron chi connectivity index (χ2n) is 10.9. The van der Waals surface area contributed by atoms with Gasteiger partial charge in [-0.2, -0.15) is 5.26 Å². The molecule has 0 unspecified atom stereocenters. The van der Waals surface area contributed by atoms with Gasteiger partial charge < -0.3 is 21.0 Å². The number of piperidine rings is 1. The molecule has 13 heteroatoms. The molecule has 1 saturated heterocycles. The van der Waals surface area contributed by atoms with Crippen LogP contribution < -0.4 is 21.6 Å². The first-order chi connectivity index (χ1) is 21.2. The third-order valence-electron chi connectivity index (χ3n) is 8.11. The van der Waals surface area contributed by atoms with Crippen molar-refractivity contribution in [2.75, 3.05) is 30.3 Å². The van der Waals surface area contributed by atoms with Gasteiger partial charge in [0.1, 0.15) is 10.4 Å². The number of hydrogen-bond acceptors (Lipinski definition) is 9. The quantitative estimate of drug-likeness (QED) is 0.146. The smallest absolute Gasteiger partial charge is 0.103 e. The maximum atomic E-state index is 9.96. The summed E-state index contributed by atoms with van der Waals surface area (Å²) >= 11 is 27.7. The fourth-order valence-electron chi connectivity index (χ4n) is 5.62. The van der Waals surface area contributed by atoms with Crippen molar-refractivity contribution in [3.05, 3.63) is 89.9 Å². The normalized spacial score (nSPS) is 16.5. The maximum Gasteiger partial charge on any atom is 0.103 e. The fraction of sp³-hybridized carbons (Fsp3) is 0.290. The van der Waals surface area contributed by atoms with Crippen LogP contribution in [0.5, 0.6) is 0 Å². The van der Waals surface area contributed by atoms with Crippen LogP contribution in [0, 0.1) is 18.3 Å². The van der Waals surface area contributed by atoms with E-state index in [2.05, 4.69) is 55.7 Å². The zero-order valence-electron chi connectivity index (χ0n) is 24.0. The maximum absolute atomic E-state index is 9.96. The van der Waals surface area contributed by atoms with Crippen molar-refractivity contribution in [2.24, 2.45) is 0 Å². The molecule has 228 valence electrons. The Balaban J connectivity index is 1.37. The Morgan fingerprint density at radius 2 is 1.86 bits per heavy atom. The van der Waals surface area contributed by atoms with Crippen LogP contribution in [0.1, 0.15) is 42.5 Å². The molecule has 4 heterocycles. The first-order valence-corrected chi connectivity index (χ1v) is 16.6. The summed E-state index contributed by atoms with van der Waals surface area (Å²) in [5.41, 5.74) is 12.3. The molecule has 0 amide bonds. The minimum absolute atomic E-state index is 0.361. The number of benzene rings is 2. The Bertz CT molecular complexity index is 1780. The molecule has 2 aliphatic heterocycles. The number of nitrogens with zero attached hydrogens (tertiary/aromatic N) is 4. The highest BCUT2D eigenvalue weighted by molar-refractivity contribution is 7.20. The number of aromatic nitrogens is 1. The van der Waals surface area contributed by atoms with E-state index in [1.54, 1.807) is 0 Å². The highest BCUT2D eigenvalue weighted by Crippen LogP contribution is 2.41. The van der Waals surface area contributed by atoms with Crippen LogP contribution in [0.2, 0.25) is 18.7 Å². The lowest BCUT2D eigenvalue weighted by Crippen LogP contribution is -2.48. The molecule has 2 aromatic heterocycles. The SMILES string of the molecule is CCN1CCC(N2C=C([C@@H](Nc3cc(Cl)c4ncc(C#N)c(Nc5ccc(C)c(Cl)c5)c4c3)c3cc(Cl)sc3Cl)NN2)CC1. The standard InChI is InChI=1S/C31H30Cl4N8S/c1-3-42-8-6-21(7-9-42)43-16-26(40-41-43)30(23-13-27(34)44-31(23)35)39-20-10-22-28(38-19-5-4-17(2)24(32)11-19)18(14-36)15-37-29(22)25(33)12-20/h4-5,10-13,15-16,21,30,39-41H,3,6-9H2,1-2H3,(H,37,38)/t30-/m0/s1. The van der Waals surface area contributed by atoms with Crippen LogP contribution in [0.4, 0.5) is 17.1 Å². The number of nitriles is 1. The largest absolute Gasteiger partial charge is 0.373 e. The number of hydrazine groups is 2. The van der Waals surface area contributed by atoms with Crippen LogP contribution in [0.15, 0.2) is 54.5 Å². The van der Waals surface area contributed by atoms with Gasteiger partial charge >= 0.3 is 0 Å². The van der Waals surface area contributed by atoms with Crippen molar-refractivity contribution in [1.82, 2.24) is 25.9 Å². The second kappa shape index (κ2) is 13.2. The van der Waals surface area contributed by atoms with E-state index in [1.807, 2.05) is 43.3 Å². The molecule has 0 aliphatic carbocycles. The van der Waals surface area contributed by atoms with Gasteiger partial charge in [-0.05, 0) is 62.2 Å². The van der Waals surface area contributed by atoms with E-state index in [0.29, 0.717) is 52.6 Å². The van der Waals surface area contributed by atoms with Crippen molar-refractivity contribution >= 4 is 85.7 Å². The zero-order valence-corrected chi connectivity index (χ0v) is 27.9. The van der Waals surface area contributed by atoms with E-state index in [4.69, 9.17) is 46.4 Å². The van der Waals surface area contributed by atoms with E-state index >= 15 is 0 Å². The molecule has 4 N–H and O–H groups in total. The fourth-order valence-corrected chi connectivity index (χ4v) is 7.60. The predicted octanol–water partition coefficient (Wildman–Crippen LogP) is 8.64. The van der Waals surface area contributed by atoms with Gasteiger partial charge in [0.2, 0.25) is 0 Å². The molecule has 1 atom stereocenters. The van der Waals surface area contributed by atoms with Gasteiger partial charge in [0.25, 0.3) is 0 Å². The molecule has 2 aromatic carbocycles. The van der Waals surface area contributed by atoms with E-state index in [0.717, 1.165) is 55.0 Å². The van der Waals surface area contributed by atoms with E-state index in [1.165, 1.54) is 17.5 Å². The molecule has 2 aliphatic rings. The summed E-state index contributed by atoms with van der Waals surface area (Å²) in [7, 11) is 0. The van der Waals surface area contributed by atoms with E-state index < -0.39 is 0 Å². The van der Waals surface area contributed by atoms with Crippen LogP contribution in [0.3, 0.4) is 0 Å². The molecule has 0 radical (unpaired) electrons. The highest BCUT2D eigenvalue weighted by Gasteiger charge is 2.30. The molecular weight excluding hydrogens is 658 g/mol. The lowest BCUT2D eigenvalue weighted by molar-refractivity contribution is 0.112. The molecular formula is C31H30Cl4N8S. The number of fused-ring (bicyclic) bond motifs is 1. The van der Waals surface area contributed by atoms with Crippen LogP contribution >= 0.6 is 57.7 Å². The summed E-state index contributed by atoms with van der Waals surface area (Å²) in [6.07, 6.45) is 5.74. The molecule has 8 nitrogen and oxygen atoms in total. The Hall–Kier alpha value is -2.94. The van der Waals surface area contributed by atoms with Crippen molar-refractivity contribution in [3.8, 4) is 6.07 Å². The van der Waals surface area contributed by atoms with Crippen molar-refractivity contribution < 1.29 is 0 Å². The number of pyridine rings is 1. The summed E-state index contributed by atoms with van der Waals surface area (Å²) in [5, 5.41) is 20.8. The monoisotopic (exact) mass is 686 g/mol. The molecule has 0 spiro atoms. The van der Waals surface area contributed by atoms with Gasteiger partial charge in [-0.25, -0.2) is 0 Å². The number of anilines is 3. The van der Waals surface area contributed by atoms with E-state index in [-0.39, 0.29) is 6.04 Å². The molecule has 6 rings (SSSR count). The van der Waals surface area contributed by atoms with Gasteiger partial charge in [0, 0.05) is 58.9 Å². The predicted molar refractivity (Wildman–Crippen MR) is 183 cm³/mol. The summed E-state index contributed by atoms with van der Waals surface area (Å²) < 4.78 is 1.18. The molecule has 4 aromatic rings. The number of aryl methyl sites for hydroxylation is 1. The third-order valence-corrected chi connectivity index (χ3v) is 10.3. The first-order valence-electron chi connectivity index (χ1n) is 14.2. The minimum Gasteiger partial charge on any atom is -0.373 e. The second-order valence-corrected chi connectivity index (χ2v) is 14.0. The molecule has 1 fully saturated rings. The molecule has 0 saturated carbocycles. The third kappa shape index (κ3) is 6.40. The van der Waals surface area contributed by atoms with Gasteiger partial charge in [0.15, 0.2) is 0 Å². The number of thiophene rings is 1. The van der Waals surface area contributed by atoms with Crippen molar-refractivity contribution in [2.45, 2.75) is 38.8 Å². The first kappa shape index (κ1) is 31.1. The van der Waals surface area contributed by atoms with Crippen LogP contribution in [0.25, 0.3) is 10.9 Å². The number of hydrogen-bond donors (Lipinski definition) is 4. The van der Waals surface area contributed by atoms with Crippen molar-refractivity contribution in [1.29, 1.82) is 5.26 Å². The summed E-state index contributed by atoms with van der Waals surface area (Å²) in [6.45, 7) is 7.34. The Morgan fingerprint density at radius 1 is 1.09 bits per heavy atom. The number of halogens is 4. The van der Waals surface area contributed by atoms with Gasteiger partial charge in [-0.1, -0.05) is 59.4 Å². The minimum atomic E-state index is -0.382. The average Bonchev–Trinajstić information content (AvgIpc) is 3.64. The Morgan fingerprint density at radius 3 is 2.55 bits per heavy atom. The van der Waals surface area contributed by atoms with Crippen LogP contribution in [-0.4, -0.2) is 40.6 Å². The summed E-state index contributed by atoms with van der Waals surface area (Å²) in [6, 6.07) is 13.5.